The molecule has 0 aliphatic heterocycles. The molecule has 4 amide bonds. The molecular formula is C27H44N4O5. The number of hydrogen-bond acceptors (Lipinski definition) is 5. The molecule has 1 rings (SSSR count). The first kappa shape index (κ1) is 30.9. The topological polar surface area (TPSA) is 131 Å². The van der Waals surface area contributed by atoms with Crippen LogP contribution in [-0.4, -0.2) is 52.4 Å². The summed E-state index contributed by atoms with van der Waals surface area (Å²) in [6.45, 7) is 14.7. The predicted molar refractivity (Wildman–Crippen MR) is 140 cm³/mol. The molecule has 0 aliphatic rings. The maximum Gasteiger partial charge on any atom is 0.408 e. The van der Waals surface area contributed by atoms with Crippen LogP contribution in [0.25, 0.3) is 0 Å². The summed E-state index contributed by atoms with van der Waals surface area (Å²) in [7, 11) is 0. The van der Waals surface area contributed by atoms with Crippen LogP contribution in [-0.2, 0) is 19.1 Å². The smallest absolute Gasteiger partial charge is 0.408 e. The van der Waals surface area contributed by atoms with Crippen molar-refractivity contribution >= 4 is 23.8 Å². The van der Waals surface area contributed by atoms with Crippen LogP contribution in [0.15, 0.2) is 24.3 Å². The number of ether oxygens (including phenoxy) is 1. The third-order valence-electron chi connectivity index (χ3n) is 5.74. The largest absolute Gasteiger partial charge is 0.444 e. The van der Waals surface area contributed by atoms with E-state index in [9.17, 15) is 19.2 Å². The molecule has 0 aromatic heterocycles. The highest BCUT2D eigenvalue weighted by atomic mass is 16.6. The van der Waals surface area contributed by atoms with Crippen molar-refractivity contribution in [1.82, 2.24) is 15.5 Å². The summed E-state index contributed by atoms with van der Waals surface area (Å²) in [5.74, 6) is -1.68. The van der Waals surface area contributed by atoms with Gasteiger partial charge >= 0.3 is 6.09 Å². The van der Waals surface area contributed by atoms with E-state index in [1.807, 2.05) is 58.9 Å². The normalized spacial score (nSPS) is 14.7. The van der Waals surface area contributed by atoms with Gasteiger partial charge in [0.2, 0.25) is 17.7 Å². The summed E-state index contributed by atoms with van der Waals surface area (Å²) < 4.78 is 5.30. The Morgan fingerprint density at radius 3 is 2.08 bits per heavy atom. The third-order valence-corrected chi connectivity index (χ3v) is 5.74. The lowest BCUT2D eigenvalue weighted by Crippen LogP contribution is -2.56. The molecule has 9 nitrogen and oxygen atoms in total. The number of rotatable bonds is 12. The van der Waals surface area contributed by atoms with Gasteiger partial charge in [0, 0.05) is 12.1 Å². The zero-order chi connectivity index (χ0) is 27.6. The minimum absolute atomic E-state index is 0.0920. The zero-order valence-electron chi connectivity index (χ0n) is 23.0. The fraction of sp³-hybridized carbons (Fsp3) is 0.630. The van der Waals surface area contributed by atoms with Gasteiger partial charge in [-0.1, -0.05) is 50.1 Å². The van der Waals surface area contributed by atoms with Gasteiger partial charge in [-0.3, -0.25) is 14.4 Å². The third kappa shape index (κ3) is 9.87. The number of benzene rings is 1. The number of alkyl carbamates (subject to hydrolysis) is 1. The van der Waals surface area contributed by atoms with Crippen molar-refractivity contribution in [3.8, 4) is 0 Å². The minimum Gasteiger partial charge on any atom is -0.444 e. The monoisotopic (exact) mass is 504 g/mol. The fourth-order valence-corrected chi connectivity index (χ4v) is 3.84. The summed E-state index contributed by atoms with van der Waals surface area (Å²) in [5.41, 5.74) is 6.26. The van der Waals surface area contributed by atoms with Crippen LogP contribution < -0.4 is 16.4 Å². The second-order valence-corrected chi connectivity index (χ2v) is 10.4. The van der Waals surface area contributed by atoms with Crippen LogP contribution in [0.5, 0.6) is 0 Å². The zero-order valence-corrected chi connectivity index (χ0v) is 23.0. The molecule has 0 aliphatic carbocycles. The van der Waals surface area contributed by atoms with E-state index in [0.29, 0.717) is 12.0 Å². The minimum atomic E-state index is -1.29. The molecule has 0 heterocycles. The Labute approximate surface area is 215 Å². The van der Waals surface area contributed by atoms with Gasteiger partial charge in [-0.2, -0.15) is 0 Å². The number of primary amides is 1. The van der Waals surface area contributed by atoms with Crippen LogP contribution in [0.4, 0.5) is 4.79 Å². The van der Waals surface area contributed by atoms with Gasteiger partial charge in [0.25, 0.3) is 0 Å². The number of nitrogens with zero attached hydrogens (tertiary/aromatic N) is 1. The van der Waals surface area contributed by atoms with E-state index in [2.05, 4.69) is 10.6 Å². The van der Waals surface area contributed by atoms with Crippen molar-refractivity contribution < 1.29 is 23.9 Å². The molecule has 9 heteroatoms. The summed E-state index contributed by atoms with van der Waals surface area (Å²) in [5, 5.41) is 5.52. The molecule has 4 unspecified atom stereocenters. The highest BCUT2D eigenvalue weighted by molar-refractivity contribution is 5.94. The molecule has 0 fully saturated rings. The number of aryl methyl sites for hydroxylation is 1. The van der Waals surface area contributed by atoms with E-state index in [1.165, 1.54) is 4.90 Å². The molecule has 202 valence electrons. The highest BCUT2D eigenvalue weighted by Crippen LogP contribution is 2.27. The van der Waals surface area contributed by atoms with E-state index in [4.69, 9.17) is 10.5 Å². The van der Waals surface area contributed by atoms with Crippen LogP contribution in [0.3, 0.4) is 0 Å². The van der Waals surface area contributed by atoms with Crippen LogP contribution in [0.2, 0.25) is 0 Å². The van der Waals surface area contributed by atoms with Crippen molar-refractivity contribution in [3.63, 3.8) is 0 Å². The standard InChI is InChI=1S/C27H44N4O5/c1-9-11-18(4)29-24(33)23(20-14-12-17(3)13-15-20)31(19(5)10-2)25(34)21(16-22(28)32)30-26(35)36-27(6,7)8/h12-15,18-19,21,23H,9-11,16H2,1-8H3,(H2,28,32)(H,29,33)(H,30,35). The molecule has 0 bridgehead atoms. The Bertz CT molecular complexity index is 894. The van der Waals surface area contributed by atoms with Gasteiger partial charge in [0.05, 0.1) is 6.42 Å². The lowest BCUT2D eigenvalue weighted by atomic mass is 9.98. The first-order chi connectivity index (χ1) is 16.7. The van der Waals surface area contributed by atoms with Crippen molar-refractivity contribution in [3.05, 3.63) is 35.4 Å². The molecule has 0 saturated carbocycles. The molecule has 0 saturated heterocycles. The van der Waals surface area contributed by atoms with Crippen LogP contribution in [0.1, 0.15) is 91.3 Å². The van der Waals surface area contributed by atoms with Crippen LogP contribution >= 0.6 is 0 Å². The van der Waals surface area contributed by atoms with Gasteiger partial charge in [-0.15, -0.1) is 0 Å². The first-order valence-corrected chi connectivity index (χ1v) is 12.7. The van der Waals surface area contributed by atoms with Gasteiger partial charge in [-0.05, 0) is 59.9 Å². The number of amides is 4. The van der Waals surface area contributed by atoms with Crippen LogP contribution in [0, 0.1) is 6.92 Å². The van der Waals surface area contributed by atoms with Crippen molar-refractivity contribution in [2.24, 2.45) is 5.73 Å². The summed E-state index contributed by atoms with van der Waals surface area (Å²) in [4.78, 5) is 53.4. The second kappa shape index (κ2) is 13.8. The van der Waals surface area contributed by atoms with Gasteiger partial charge in [0.15, 0.2) is 0 Å². The van der Waals surface area contributed by atoms with E-state index in [0.717, 1.165) is 18.4 Å². The van der Waals surface area contributed by atoms with Crippen molar-refractivity contribution in [2.45, 2.75) is 111 Å². The molecular weight excluding hydrogens is 460 g/mol. The Balaban J connectivity index is 3.52. The lowest BCUT2D eigenvalue weighted by molar-refractivity contribution is -0.146. The Morgan fingerprint density at radius 2 is 1.61 bits per heavy atom. The van der Waals surface area contributed by atoms with Crippen molar-refractivity contribution in [2.75, 3.05) is 0 Å². The van der Waals surface area contributed by atoms with Crippen molar-refractivity contribution in [1.29, 1.82) is 0 Å². The van der Waals surface area contributed by atoms with E-state index >= 15 is 0 Å². The molecule has 0 spiro atoms. The van der Waals surface area contributed by atoms with E-state index < -0.39 is 42.0 Å². The predicted octanol–water partition coefficient (Wildman–Crippen LogP) is 3.74. The Kier molecular flexibility index (Phi) is 11.9. The number of nitrogens with two attached hydrogens (primary N) is 1. The molecule has 36 heavy (non-hydrogen) atoms. The number of nitrogens with one attached hydrogen (secondary N) is 2. The molecule has 4 N–H and O–H groups in total. The number of hydrogen-bond donors (Lipinski definition) is 3. The Morgan fingerprint density at radius 1 is 1.03 bits per heavy atom. The molecule has 4 atom stereocenters. The SMILES string of the molecule is CCCC(C)NC(=O)C(c1ccc(C)cc1)N(C(=O)C(CC(N)=O)NC(=O)OC(C)(C)C)C(C)CC. The average molecular weight is 505 g/mol. The summed E-state index contributed by atoms with van der Waals surface area (Å²) >= 11 is 0. The quantitative estimate of drug-likeness (QED) is 0.399. The average Bonchev–Trinajstić information content (AvgIpc) is 2.75. The molecule has 1 aromatic rings. The van der Waals surface area contributed by atoms with Gasteiger partial charge < -0.3 is 26.0 Å². The molecule has 1 aromatic carbocycles. The number of carbonyl (C=O) groups is 4. The highest BCUT2D eigenvalue weighted by Gasteiger charge is 2.39. The second-order valence-electron chi connectivity index (χ2n) is 10.4. The van der Waals surface area contributed by atoms with Gasteiger partial charge in [0.1, 0.15) is 17.7 Å². The maximum atomic E-state index is 13.9. The first-order valence-electron chi connectivity index (χ1n) is 12.7. The maximum absolute atomic E-state index is 13.9. The Hall–Kier alpha value is -3.10. The summed E-state index contributed by atoms with van der Waals surface area (Å²) in [6.07, 6.45) is 0.944. The fourth-order valence-electron chi connectivity index (χ4n) is 3.84. The lowest BCUT2D eigenvalue weighted by Gasteiger charge is -2.38. The van der Waals surface area contributed by atoms with Gasteiger partial charge in [-0.25, -0.2) is 4.79 Å². The molecule has 0 radical (unpaired) electrons. The summed E-state index contributed by atoms with van der Waals surface area (Å²) in [6, 6.07) is 4.66. The van der Waals surface area contributed by atoms with E-state index in [-0.39, 0.29) is 18.0 Å². The van der Waals surface area contributed by atoms with E-state index in [1.54, 1.807) is 20.8 Å². The number of carbonyl (C=O) groups excluding carboxylic acids is 4.